The Balaban J connectivity index is 2.85. The van der Waals surface area contributed by atoms with Gasteiger partial charge in [-0.15, -0.1) is 0 Å². The molecule has 1 atom stereocenters. The molecule has 1 N–H and O–H groups in total. The maximum absolute atomic E-state index is 12.8. The lowest BCUT2D eigenvalue weighted by Crippen LogP contribution is -2.27. The second-order valence-corrected chi connectivity index (χ2v) is 3.86. The third kappa shape index (κ3) is 3.17. The second kappa shape index (κ2) is 5.80. The summed E-state index contributed by atoms with van der Waals surface area (Å²) in [5.74, 6) is 0. The van der Waals surface area contributed by atoms with Gasteiger partial charge >= 0.3 is 0 Å². The number of hydrogen-bond donors (Lipinski definition) is 1. The Morgan fingerprint density at radius 2 is 1.75 bits per heavy atom. The van der Waals surface area contributed by atoms with Crippen molar-refractivity contribution in [1.82, 2.24) is 5.32 Å². The van der Waals surface area contributed by atoms with E-state index >= 15 is 0 Å². The molecule has 1 aromatic carbocycles. The average Bonchev–Trinajstić information content (AvgIpc) is 2.25. The zero-order chi connectivity index (χ0) is 12.1. The molecule has 0 spiro atoms. The zero-order valence-electron chi connectivity index (χ0n) is 9.87. The summed E-state index contributed by atoms with van der Waals surface area (Å²) in [6.45, 7) is 2.36. The Labute approximate surface area is 95.3 Å². The topological polar surface area (TPSA) is 15.3 Å². The van der Waals surface area contributed by atoms with E-state index in [1.54, 1.807) is 12.1 Å². The van der Waals surface area contributed by atoms with Crippen LogP contribution < -0.4 is 10.2 Å². The molecule has 0 heterocycles. The van der Waals surface area contributed by atoms with Crippen molar-refractivity contribution in [2.75, 3.05) is 25.5 Å². The number of halogens is 2. The van der Waals surface area contributed by atoms with E-state index in [4.69, 9.17) is 0 Å². The van der Waals surface area contributed by atoms with Crippen molar-refractivity contribution >= 4 is 5.69 Å². The third-order valence-electron chi connectivity index (χ3n) is 2.44. The lowest BCUT2D eigenvalue weighted by Gasteiger charge is -2.19. The highest BCUT2D eigenvalue weighted by Crippen LogP contribution is 2.22. The minimum atomic E-state index is -2.38. The van der Waals surface area contributed by atoms with Crippen LogP contribution in [-0.2, 0) is 0 Å². The first-order chi connectivity index (χ1) is 7.56. The number of anilines is 1. The van der Waals surface area contributed by atoms with Crippen LogP contribution >= 0.6 is 0 Å². The van der Waals surface area contributed by atoms with E-state index in [9.17, 15) is 8.78 Å². The highest BCUT2D eigenvalue weighted by molar-refractivity contribution is 5.46. The molecule has 0 fully saturated rings. The van der Waals surface area contributed by atoms with Gasteiger partial charge in [0.15, 0.2) is 0 Å². The van der Waals surface area contributed by atoms with Crippen LogP contribution in [0.4, 0.5) is 14.5 Å². The minimum Gasteiger partial charge on any atom is -0.378 e. The molecule has 0 amide bonds. The Bertz CT molecular complexity index is 309. The van der Waals surface area contributed by atoms with Crippen LogP contribution in [0.2, 0.25) is 0 Å². The first kappa shape index (κ1) is 12.9. The third-order valence-corrected chi connectivity index (χ3v) is 2.44. The molecule has 0 saturated carbocycles. The molecule has 0 saturated heterocycles. The molecule has 0 bridgehead atoms. The van der Waals surface area contributed by atoms with Crippen molar-refractivity contribution in [3.63, 3.8) is 0 Å². The largest absolute Gasteiger partial charge is 0.378 e. The maximum atomic E-state index is 12.8. The van der Waals surface area contributed by atoms with Gasteiger partial charge in [-0.25, -0.2) is 8.78 Å². The number of nitrogens with one attached hydrogen (secondary N) is 1. The summed E-state index contributed by atoms with van der Waals surface area (Å²) in [5.41, 5.74) is 1.63. The van der Waals surface area contributed by atoms with Crippen LogP contribution in [-0.4, -0.2) is 27.1 Å². The van der Waals surface area contributed by atoms with E-state index in [2.05, 4.69) is 5.32 Å². The Morgan fingerprint density at radius 1 is 1.19 bits per heavy atom. The number of benzene rings is 1. The quantitative estimate of drug-likeness (QED) is 0.833. The lowest BCUT2D eigenvalue weighted by molar-refractivity contribution is 0.0993. The molecule has 4 heteroatoms. The van der Waals surface area contributed by atoms with Gasteiger partial charge in [0.1, 0.15) is 0 Å². The molecular weight excluding hydrogens is 210 g/mol. The van der Waals surface area contributed by atoms with Gasteiger partial charge in [-0.3, -0.25) is 0 Å². The van der Waals surface area contributed by atoms with Crippen LogP contribution in [0.15, 0.2) is 24.3 Å². The minimum absolute atomic E-state index is 0.532. The fourth-order valence-corrected chi connectivity index (χ4v) is 1.55. The fraction of sp³-hybridized carbons (Fsp3) is 0.500. The molecule has 90 valence electrons. The van der Waals surface area contributed by atoms with Gasteiger partial charge in [-0.1, -0.05) is 19.1 Å². The molecule has 1 rings (SSSR count). The van der Waals surface area contributed by atoms with E-state index < -0.39 is 12.5 Å². The molecule has 0 aromatic heterocycles. The summed E-state index contributed by atoms with van der Waals surface area (Å²) < 4.78 is 25.5. The van der Waals surface area contributed by atoms with Gasteiger partial charge in [-0.2, -0.15) is 0 Å². The van der Waals surface area contributed by atoms with Crippen molar-refractivity contribution in [2.24, 2.45) is 0 Å². The Kier molecular flexibility index (Phi) is 4.68. The summed E-state index contributed by atoms with van der Waals surface area (Å²) in [4.78, 5) is 1.94. The molecule has 0 aliphatic rings. The van der Waals surface area contributed by atoms with Gasteiger partial charge in [0.25, 0.3) is 6.43 Å². The normalized spacial score (nSPS) is 12.9. The van der Waals surface area contributed by atoms with Crippen LogP contribution in [0.1, 0.15) is 18.5 Å². The predicted molar refractivity (Wildman–Crippen MR) is 63.2 cm³/mol. The number of rotatable bonds is 5. The van der Waals surface area contributed by atoms with E-state index in [-0.39, 0.29) is 0 Å². The van der Waals surface area contributed by atoms with Crippen molar-refractivity contribution in [1.29, 1.82) is 0 Å². The van der Waals surface area contributed by atoms with Crippen molar-refractivity contribution in [2.45, 2.75) is 19.4 Å². The molecule has 0 aliphatic heterocycles. The molecule has 2 nitrogen and oxygen atoms in total. The van der Waals surface area contributed by atoms with Crippen LogP contribution in [0.5, 0.6) is 0 Å². The smallest absolute Gasteiger partial charge is 0.257 e. The van der Waals surface area contributed by atoms with E-state index in [1.165, 1.54) is 0 Å². The molecule has 0 radical (unpaired) electrons. The number of hydrogen-bond acceptors (Lipinski definition) is 2. The van der Waals surface area contributed by atoms with Crippen molar-refractivity contribution < 1.29 is 8.78 Å². The van der Waals surface area contributed by atoms with Gasteiger partial charge < -0.3 is 10.2 Å². The maximum Gasteiger partial charge on any atom is 0.257 e. The summed E-state index contributed by atoms with van der Waals surface area (Å²) >= 11 is 0. The monoisotopic (exact) mass is 228 g/mol. The van der Waals surface area contributed by atoms with Gasteiger partial charge in [0.2, 0.25) is 0 Å². The molecule has 0 aliphatic carbocycles. The standard InChI is InChI=1S/C12H18F2N2/c1-4-15-11(12(13)14)9-5-7-10(8-6-9)16(2)3/h5-8,11-12,15H,4H2,1-3H3. The molecule has 16 heavy (non-hydrogen) atoms. The van der Waals surface area contributed by atoms with Gasteiger partial charge in [0, 0.05) is 19.8 Å². The van der Waals surface area contributed by atoms with Gasteiger partial charge in [0.05, 0.1) is 6.04 Å². The predicted octanol–water partition coefficient (Wildman–Crippen LogP) is 2.67. The number of alkyl halides is 2. The first-order valence-corrected chi connectivity index (χ1v) is 5.35. The van der Waals surface area contributed by atoms with Crippen molar-refractivity contribution in [3.8, 4) is 0 Å². The van der Waals surface area contributed by atoms with Crippen LogP contribution in [0.25, 0.3) is 0 Å². The number of nitrogens with zero attached hydrogens (tertiary/aromatic N) is 1. The van der Waals surface area contributed by atoms with Crippen molar-refractivity contribution in [3.05, 3.63) is 29.8 Å². The first-order valence-electron chi connectivity index (χ1n) is 5.35. The van der Waals surface area contributed by atoms with Gasteiger partial charge in [-0.05, 0) is 24.2 Å². The fourth-order valence-electron chi connectivity index (χ4n) is 1.55. The van der Waals surface area contributed by atoms with Crippen LogP contribution in [0, 0.1) is 0 Å². The summed E-state index contributed by atoms with van der Waals surface area (Å²) in [6, 6.07) is 6.31. The SMILES string of the molecule is CCNC(c1ccc(N(C)C)cc1)C(F)F. The summed E-state index contributed by atoms with van der Waals surface area (Å²) in [7, 11) is 3.84. The molecule has 1 unspecified atom stereocenters. The zero-order valence-corrected chi connectivity index (χ0v) is 9.87. The van der Waals surface area contributed by atoms with E-state index in [1.807, 2.05) is 38.1 Å². The van der Waals surface area contributed by atoms with Crippen LogP contribution in [0.3, 0.4) is 0 Å². The second-order valence-electron chi connectivity index (χ2n) is 3.86. The highest BCUT2D eigenvalue weighted by atomic mass is 19.3. The lowest BCUT2D eigenvalue weighted by atomic mass is 10.1. The summed E-state index contributed by atoms with van der Waals surface area (Å²) in [6.07, 6.45) is -2.38. The van der Waals surface area contributed by atoms with E-state index in [0.717, 1.165) is 5.69 Å². The highest BCUT2D eigenvalue weighted by Gasteiger charge is 2.20. The van der Waals surface area contributed by atoms with E-state index in [0.29, 0.717) is 12.1 Å². The molecular formula is C12H18F2N2. The Morgan fingerprint density at radius 3 is 2.12 bits per heavy atom. The Hall–Kier alpha value is -1.16. The summed E-state index contributed by atoms with van der Waals surface area (Å²) in [5, 5.41) is 2.78. The average molecular weight is 228 g/mol. The molecule has 1 aromatic rings.